The lowest BCUT2D eigenvalue weighted by Gasteiger charge is -2.12. The summed E-state index contributed by atoms with van der Waals surface area (Å²) in [5.74, 6) is -0.0115. The third-order valence-electron chi connectivity index (χ3n) is 4.78. The molecule has 8 nitrogen and oxygen atoms in total. The van der Waals surface area contributed by atoms with E-state index in [-0.39, 0.29) is 28.9 Å². The van der Waals surface area contributed by atoms with Crippen LogP contribution in [0.25, 0.3) is 0 Å². The van der Waals surface area contributed by atoms with Gasteiger partial charge in [0.1, 0.15) is 17.8 Å². The zero-order valence-corrected chi connectivity index (χ0v) is 19.2. The van der Waals surface area contributed by atoms with Gasteiger partial charge in [0.25, 0.3) is 11.6 Å². The van der Waals surface area contributed by atoms with Gasteiger partial charge in [0.2, 0.25) is 0 Å². The first-order valence-electron chi connectivity index (χ1n) is 10.5. The molecule has 36 heavy (non-hydrogen) atoms. The Kier molecular flexibility index (Phi) is 7.69. The summed E-state index contributed by atoms with van der Waals surface area (Å²) in [5.41, 5.74) is 1.85. The number of hydrogen-bond acceptors (Lipinski definition) is 7. The van der Waals surface area contributed by atoms with Crippen molar-refractivity contribution in [2.75, 3.05) is 6.61 Å². The van der Waals surface area contributed by atoms with E-state index >= 15 is 0 Å². The van der Waals surface area contributed by atoms with Crippen molar-refractivity contribution in [3.63, 3.8) is 0 Å². The molecule has 0 spiro atoms. The average Bonchev–Trinajstić information content (AvgIpc) is 2.84. The molecule has 2 heterocycles. The van der Waals surface area contributed by atoms with E-state index in [0.717, 1.165) is 17.2 Å². The van der Waals surface area contributed by atoms with Crippen LogP contribution in [0.2, 0.25) is 5.02 Å². The van der Waals surface area contributed by atoms with Gasteiger partial charge in [0.15, 0.2) is 5.75 Å². The van der Waals surface area contributed by atoms with E-state index in [4.69, 9.17) is 21.1 Å². The third-order valence-corrected chi connectivity index (χ3v) is 5.09. The van der Waals surface area contributed by atoms with Gasteiger partial charge in [-0.05, 0) is 35.4 Å². The smallest absolute Gasteiger partial charge is 0.464 e. The van der Waals surface area contributed by atoms with Crippen LogP contribution in [0, 0.1) is 0 Å². The van der Waals surface area contributed by atoms with E-state index in [9.17, 15) is 18.0 Å². The van der Waals surface area contributed by atoms with Crippen LogP contribution in [-0.4, -0.2) is 32.9 Å². The second-order valence-corrected chi connectivity index (χ2v) is 7.86. The van der Waals surface area contributed by atoms with Crippen LogP contribution in [0.1, 0.15) is 16.7 Å². The molecule has 12 heteroatoms. The second-order valence-electron chi connectivity index (χ2n) is 7.45. The maximum atomic E-state index is 12.5. The van der Waals surface area contributed by atoms with Crippen molar-refractivity contribution < 1.29 is 27.4 Å². The molecule has 4 aromatic rings. The molecule has 2 aromatic carbocycles. The number of nitrogens with one attached hydrogen (secondary N) is 1. The first kappa shape index (κ1) is 25.0. The summed E-state index contributed by atoms with van der Waals surface area (Å²) in [4.78, 5) is 26.8. The molecule has 0 amide bonds. The fourth-order valence-corrected chi connectivity index (χ4v) is 3.28. The highest BCUT2D eigenvalue weighted by Gasteiger charge is 2.32. The summed E-state index contributed by atoms with van der Waals surface area (Å²) in [6.45, 7) is 0.254. The highest BCUT2D eigenvalue weighted by Crippen LogP contribution is 2.34. The molecule has 1 N–H and O–H groups in total. The number of nitrogens with zero attached hydrogens (tertiary/aromatic N) is 3. The Hall–Kier alpha value is -4.12. The van der Waals surface area contributed by atoms with Crippen LogP contribution in [-0.2, 0) is 12.8 Å². The zero-order valence-electron chi connectivity index (χ0n) is 18.5. The Morgan fingerprint density at radius 2 is 1.67 bits per heavy atom. The lowest BCUT2D eigenvalue weighted by Crippen LogP contribution is -2.17. The minimum atomic E-state index is -4.87. The Balaban J connectivity index is 1.29. The van der Waals surface area contributed by atoms with Gasteiger partial charge in [-0.2, -0.15) is 0 Å². The Bertz CT molecular complexity index is 1370. The van der Waals surface area contributed by atoms with E-state index in [1.807, 2.05) is 0 Å². The molecule has 0 saturated carbocycles. The summed E-state index contributed by atoms with van der Waals surface area (Å²) in [5, 5.41) is -0.189. The molecule has 0 aliphatic carbocycles. The molecule has 0 saturated heterocycles. The number of H-pyrrole nitrogens is 1. The highest BCUT2D eigenvalue weighted by molar-refractivity contribution is 6.32. The molecule has 2 aromatic heterocycles. The van der Waals surface area contributed by atoms with E-state index in [1.54, 1.807) is 36.7 Å². The van der Waals surface area contributed by atoms with Gasteiger partial charge >= 0.3 is 6.36 Å². The van der Waals surface area contributed by atoms with Crippen molar-refractivity contribution in [2.24, 2.45) is 0 Å². The van der Waals surface area contributed by atoms with Crippen LogP contribution < -0.4 is 19.8 Å². The monoisotopic (exact) mass is 518 g/mol. The maximum absolute atomic E-state index is 12.5. The molecular weight excluding hydrogens is 501 g/mol. The molecule has 0 aliphatic rings. The Morgan fingerprint density at radius 1 is 0.944 bits per heavy atom. The third kappa shape index (κ3) is 7.19. The van der Waals surface area contributed by atoms with Crippen molar-refractivity contribution in [3.05, 3.63) is 99.4 Å². The molecule has 0 fully saturated rings. The van der Waals surface area contributed by atoms with Crippen LogP contribution in [0.15, 0.2) is 72.2 Å². The largest absolute Gasteiger partial charge is 0.573 e. The SMILES string of the molecule is O=c1[nH]c(OCCc2ccc(Oc3ccc(Cl)c(OC(F)(F)F)c3)cc2)ncc1Cc1cncnc1. The van der Waals surface area contributed by atoms with Crippen LogP contribution >= 0.6 is 11.6 Å². The van der Waals surface area contributed by atoms with Crippen LogP contribution in [0.5, 0.6) is 23.3 Å². The topological polar surface area (TPSA) is 99.2 Å². The molecule has 0 aliphatic heterocycles. The van der Waals surface area contributed by atoms with Crippen molar-refractivity contribution in [2.45, 2.75) is 19.2 Å². The molecule has 4 rings (SSSR count). The number of aromatic amines is 1. The van der Waals surface area contributed by atoms with Gasteiger partial charge in [-0.25, -0.2) is 15.0 Å². The van der Waals surface area contributed by atoms with Crippen molar-refractivity contribution in [3.8, 4) is 23.3 Å². The summed E-state index contributed by atoms with van der Waals surface area (Å²) < 4.78 is 52.5. The predicted octanol–water partition coefficient (Wildman–Crippen LogP) is 5.12. The van der Waals surface area contributed by atoms with Gasteiger partial charge in [-0.15, -0.1) is 13.2 Å². The molecule has 0 radical (unpaired) electrons. The van der Waals surface area contributed by atoms with Crippen molar-refractivity contribution >= 4 is 11.6 Å². The molecule has 0 atom stereocenters. The summed E-state index contributed by atoms with van der Waals surface area (Å²) in [6.07, 6.45) is 2.12. The number of hydrogen-bond donors (Lipinski definition) is 1. The predicted molar refractivity (Wildman–Crippen MR) is 124 cm³/mol. The van der Waals surface area contributed by atoms with Crippen molar-refractivity contribution in [1.82, 2.24) is 19.9 Å². The van der Waals surface area contributed by atoms with Gasteiger partial charge in [-0.1, -0.05) is 23.7 Å². The molecule has 0 bridgehead atoms. The average molecular weight is 519 g/mol. The van der Waals surface area contributed by atoms with E-state index in [0.29, 0.717) is 24.2 Å². The number of benzene rings is 2. The summed E-state index contributed by atoms with van der Waals surface area (Å²) in [6, 6.07) is 10.7. The number of aromatic nitrogens is 4. The second kappa shape index (κ2) is 11.1. The Morgan fingerprint density at radius 3 is 2.36 bits per heavy atom. The molecule has 186 valence electrons. The zero-order chi connectivity index (χ0) is 25.5. The maximum Gasteiger partial charge on any atom is 0.573 e. The first-order chi connectivity index (χ1) is 17.2. The fourth-order valence-electron chi connectivity index (χ4n) is 3.12. The van der Waals surface area contributed by atoms with E-state index in [1.165, 1.54) is 24.7 Å². The quantitative estimate of drug-likeness (QED) is 0.328. The van der Waals surface area contributed by atoms with E-state index < -0.39 is 12.1 Å². The number of alkyl halides is 3. The first-order valence-corrected chi connectivity index (χ1v) is 10.9. The minimum absolute atomic E-state index is 0.104. The summed E-state index contributed by atoms with van der Waals surface area (Å²) in [7, 11) is 0. The highest BCUT2D eigenvalue weighted by atomic mass is 35.5. The fraction of sp³-hybridized carbons (Fsp3) is 0.167. The number of halogens is 4. The Labute approximate surface area is 207 Å². The van der Waals surface area contributed by atoms with Crippen LogP contribution in [0.4, 0.5) is 13.2 Å². The van der Waals surface area contributed by atoms with Gasteiger partial charge < -0.3 is 14.2 Å². The van der Waals surface area contributed by atoms with E-state index in [2.05, 4.69) is 24.7 Å². The standard InChI is InChI=1S/C24H18ClF3N4O4/c25-20-6-5-19(10-21(20)36-24(26,27)28)35-18-3-1-15(2-4-18)7-8-34-23-31-13-17(22(33)32-23)9-16-11-29-14-30-12-16/h1-6,10-14H,7-9H2,(H,31,32,33). The molecular formula is C24H18ClF3N4O4. The lowest BCUT2D eigenvalue weighted by molar-refractivity contribution is -0.274. The number of ether oxygens (including phenoxy) is 3. The lowest BCUT2D eigenvalue weighted by atomic mass is 10.1. The van der Waals surface area contributed by atoms with Crippen LogP contribution in [0.3, 0.4) is 0 Å². The molecule has 0 unspecified atom stereocenters. The van der Waals surface area contributed by atoms with Gasteiger partial charge in [0, 0.05) is 43.1 Å². The number of rotatable bonds is 9. The van der Waals surface area contributed by atoms with Gasteiger partial charge in [0.05, 0.1) is 11.6 Å². The minimum Gasteiger partial charge on any atom is -0.464 e. The van der Waals surface area contributed by atoms with Gasteiger partial charge in [-0.3, -0.25) is 9.78 Å². The summed E-state index contributed by atoms with van der Waals surface area (Å²) >= 11 is 5.75. The normalized spacial score (nSPS) is 11.2. The van der Waals surface area contributed by atoms with Crippen molar-refractivity contribution in [1.29, 1.82) is 0 Å².